The second kappa shape index (κ2) is 57.7. The van der Waals surface area contributed by atoms with Crippen LogP contribution in [0.2, 0.25) is 0 Å². The summed E-state index contributed by atoms with van der Waals surface area (Å²) in [6.07, 6.45) is 74.4. The second-order valence-corrected chi connectivity index (χ2v) is 24.7. The molecule has 1 amide bonds. The third-order valence-corrected chi connectivity index (χ3v) is 15.4. The quantitative estimate of drug-likeness (QED) is 0.0212. The maximum atomic E-state index is 13.5. The molecule has 0 aromatic heterocycles. The highest BCUT2D eigenvalue weighted by Gasteiger charge is 2.27. The van der Waals surface area contributed by atoms with Gasteiger partial charge in [-0.3, -0.25) is 14.2 Å². The van der Waals surface area contributed by atoms with Crippen LogP contribution in [-0.4, -0.2) is 69.4 Å². The van der Waals surface area contributed by atoms with Gasteiger partial charge in [0.2, 0.25) is 5.91 Å². The molecule has 0 fully saturated rings. The van der Waals surface area contributed by atoms with Crippen LogP contribution in [0.1, 0.15) is 297 Å². The minimum absolute atomic E-state index is 0.0238. The monoisotopic (exact) mass is 1110 g/mol. The van der Waals surface area contributed by atoms with E-state index in [1.54, 1.807) is 0 Å². The average Bonchev–Trinajstić information content (AvgIpc) is 3.41. The molecule has 0 saturated heterocycles. The molecule has 0 aliphatic heterocycles. The predicted octanol–water partition coefficient (Wildman–Crippen LogP) is 19.8. The Morgan fingerprint density at radius 3 is 1.23 bits per heavy atom. The van der Waals surface area contributed by atoms with Crippen LogP contribution >= 0.6 is 7.82 Å². The molecule has 78 heavy (non-hydrogen) atoms. The lowest BCUT2D eigenvalue weighted by Gasteiger charge is -2.30. The van der Waals surface area contributed by atoms with E-state index in [0.717, 1.165) is 103 Å². The lowest BCUT2D eigenvalue weighted by Crippen LogP contribution is -2.47. The summed E-state index contributed by atoms with van der Waals surface area (Å²) in [7, 11) is 1.18. The lowest BCUT2D eigenvalue weighted by atomic mass is 10.0. The molecule has 0 radical (unpaired) electrons. The van der Waals surface area contributed by atoms with Crippen molar-refractivity contribution in [3.63, 3.8) is 0 Å². The number of carbonyl (C=O) groups is 2. The van der Waals surface area contributed by atoms with Crippen LogP contribution in [0.3, 0.4) is 0 Å². The summed E-state index contributed by atoms with van der Waals surface area (Å²) in [6.45, 7) is 6.74. The Kier molecular flexibility index (Phi) is 55.8. The van der Waals surface area contributed by atoms with Crippen molar-refractivity contribution in [2.24, 2.45) is 0 Å². The summed E-state index contributed by atoms with van der Waals surface area (Å²) in [5, 5.41) is 3.03. The van der Waals surface area contributed by atoms with E-state index in [9.17, 15) is 19.0 Å². The Labute approximate surface area is 483 Å². The van der Waals surface area contributed by atoms with E-state index >= 15 is 0 Å². The zero-order valence-corrected chi connectivity index (χ0v) is 52.8. The summed E-state index contributed by atoms with van der Waals surface area (Å²) < 4.78 is 30.3. The number of quaternary nitrogens is 1. The second-order valence-electron chi connectivity index (χ2n) is 23.2. The van der Waals surface area contributed by atoms with Crippen molar-refractivity contribution in [3.8, 4) is 0 Å². The molecule has 0 aliphatic rings. The van der Waals surface area contributed by atoms with E-state index in [1.165, 1.54) is 161 Å². The van der Waals surface area contributed by atoms with E-state index in [0.29, 0.717) is 17.4 Å². The topological polar surface area (TPSA) is 114 Å². The van der Waals surface area contributed by atoms with Crippen LogP contribution in [0.15, 0.2) is 72.9 Å². The third-order valence-electron chi connectivity index (χ3n) is 14.4. The number of unbranched alkanes of at least 4 members (excludes halogenated alkanes) is 33. The number of rotatable bonds is 59. The van der Waals surface area contributed by atoms with Gasteiger partial charge in [0.25, 0.3) is 7.82 Å². The first-order chi connectivity index (χ1) is 37.9. The number of phosphoric ester groups is 1. The molecule has 3 atom stereocenters. The van der Waals surface area contributed by atoms with Crippen molar-refractivity contribution in [1.29, 1.82) is 0 Å². The number of hydrogen-bond donors (Lipinski definition) is 1. The van der Waals surface area contributed by atoms with E-state index in [2.05, 4.69) is 86.8 Å². The van der Waals surface area contributed by atoms with Gasteiger partial charge in [0.1, 0.15) is 19.3 Å². The van der Waals surface area contributed by atoms with Crippen molar-refractivity contribution < 1.29 is 37.3 Å². The van der Waals surface area contributed by atoms with Crippen molar-refractivity contribution in [2.75, 3.05) is 40.9 Å². The molecule has 0 rings (SSSR count). The molecule has 9 nitrogen and oxygen atoms in total. The summed E-state index contributed by atoms with van der Waals surface area (Å²) in [6, 6.07) is -0.890. The van der Waals surface area contributed by atoms with Gasteiger partial charge in [-0.05, 0) is 76.7 Å². The first kappa shape index (κ1) is 75.5. The Morgan fingerprint density at radius 1 is 0.462 bits per heavy atom. The summed E-state index contributed by atoms with van der Waals surface area (Å²) >= 11 is 0. The van der Waals surface area contributed by atoms with E-state index in [1.807, 2.05) is 33.3 Å². The third kappa shape index (κ3) is 58.1. The minimum Gasteiger partial charge on any atom is -0.756 e. The molecule has 10 heteroatoms. The molecule has 0 bridgehead atoms. The van der Waals surface area contributed by atoms with Crippen LogP contribution in [0.25, 0.3) is 0 Å². The van der Waals surface area contributed by atoms with Crippen LogP contribution in [0, 0.1) is 0 Å². The van der Waals surface area contributed by atoms with Crippen molar-refractivity contribution in [2.45, 2.75) is 309 Å². The first-order valence-electron chi connectivity index (χ1n) is 32.7. The highest BCUT2D eigenvalue weighted by Crippen LogP contribution is 2.38. The maximum absolute atomic E-state index is 13.5. The molecule has 0 aromatic rings. The fraction of sp³-hybridized carbons (Fsp3) is 0.794. The number of nitrogens with zero attached hydrogens (tertiary/aromatic N) is 1. The number of ether oxygens (including phenoxy) is 1. The van der Waals surface area contributed by atoms with Gasteiger partial charge in [-0.2, -0.15) is 0 Å². The lowest BCUT2D eigenvalue weighted by molar-refractivity contribution is -0.870. The molecule has 1 N–H and O–H groups in total. The van der Waals surface area contributed by atoms with Gasteiger partial charge in [-0.15, -0.1) is 0 Å². The molecular weight excluding hydrogens is 988 g/mol. The molecule has 0 saturated carbocycles. The summed E-state index contributed by atoms with van der Waals surface area (Å²) in [5.74, 6) is -0.541. The molecule has 0 aliphatic carbocycles. The Hall–Kier alpha value is -2.55. The van der Waals surface area contributed by atoms with Gasteiger partial charge in [0.05, 0.1) is 33.8 Å². The number of phosphoric acid groups is 1. The summed E-state index contributed by atoms with van der Waals surface area (Å²) in [4.78, 5) is 40.0. The van der Waals surface area contributed by atoms with Gasteiger partial charge in [0, 0.05) is 12.8 Å². The largest absolute Gasteiger partial charge is 0.756 e. The number of hydrogen-bond acceptors (Lipinski definition) is 7. The number of carbonyl (C=O) groups excluding carboxylic acids is 2. The van der Waals surface area contributed by atoms with Crippen LogP contribution < -0.4 is 10.2 Å². The minimum atomic E-state index is -4.70. The van der Waals surface area contributed by atoms with E-state index in [-0.39, 0.29) is 31.5 Å². The number of nitrogens with one attached hydrogen (secondary N) is 1. The highest BCUT2D eigenvalue weighted by molar-refractivity contribution is 7.45. The smallest absolute Gasteiger partial charge is 0.306 e. The molecular formula is C68H125N2O7P. The normalized spacial score (nSPS) is 14.1. The van der Waals surface area contributed by atoms with Gasteiger partial charge in [0.15, 0.2) is 0 Å². The van der Waals surface area contributed by atoms with Crippen LogP contribution in [-0.2, 0) is 27.9 Å². The van der Waals surface area contributed by atoms with Crippen molar-refractivity contribution >= 4 is 19.7 Å². The van der Waals surface area contributed by atoms with E-state index in [4.69, 9.17) is 13.8 Å². The zero-order chi connectivity index (χ0) is 57.2. The average molecular weight is 1110 g/mol. The fourth-order valence-corrected chi connectivity index (χ4v) is 10.1. The Bertz CT molecular complexity index is 1570. The predicted molar refractivity (Wildman–Crippen MR) is 335 cm³/mol. The van der Waals surface area contributed by atoms with Gasteiger partial charge >= 0.3 is 5.97 Å². The van der Waals surface area contributed by atoms with Crippen molar-refractivity contribution in [1.82, 2.24) is 5.32 Å². The zero-order valence-electron chi connectivity index (χ0n) is 51.9. The van der Waals surface area contributed by atoms with Gasteiger partial charge in [-0.1, -0.05) is 280 Å². The number of likely N-dealkylation sites (N-methyl/N-ethyl adjacent to an activating group) is 1. The molecule has 454 valence electrons. The van der Waals surface area contributed by atoms with Crippen molar-refractivity contribution in [3.05, 3.63) is 72.9 Å². The maximum Gasteiger partial charge on any atom is 0.306 e. The Balaban J connectivity index is 5.10. The number of allylic oxidation sites excluding steroid dienone is 11. The molecule has 0 aromatic carbocycles. The molecule has 0 heterocycles. The SMILES string of the molecule is CC/C=C\C/C=C\C/C=C\C/C=C\C/C=C\CCCCCCCCCCCC(=O)OC(/C=C/CCCCCCCCCCC)C(COP(=O)([O-])OCC[N+](C)(C)C)NC(=O)CCCCCCCCCCCCCCCCCC. The van der Waals surface area contributed by atoms with E-state index < -0.39 is 20.0 Å². The van der Waals surface area contributed by atoms with Gasteiger partial charge < -0.3 is 28.5 Å². The summed E-state index contributed by atoms with van der Waals surface area (Å²) in [5.41, 5.74) is 0. The number of amides is 1. The number of esters is 1. The Morgan fingerprint density at radius 2 is 0.821 bits per heavy atom. The highest BCUT2D eigenvalue weighted by atomic mass is 31.2. The molecule has 3 unspecified atom stereocenters. The molecule has 0 spiro atoms. The standard InChI is InChI=1S/C68H125N2O7P/c1-7-10-13-16-19-22-25-27-29-31-32-33-34-35-36-37-38-39-41-43-46-49-52-55-58-61-68(72)77-66(59-56-53-50-47-44-24-21-18-15-12-9-3)65(64-76-78(73,74)75-63-62-70(4,5)6)69-67(71)60-57-54-51-48-45-42-40-30-28-26-23-20-17-14-11-8-2/h10,13,19,22,27,29,32-33,35-36,56,59,65-66H,7-9,11-12,14-18,20-21,23-26,28,30-31,34,37-55,57-58,60-64H2,1-6H3,(H-,69,71,73,74)/b13-10-,22-19-,29-27-,33-32-,36-35-,59-56+. The van der Waals surface area contributed by atoms with Crippen LogP contribution in [0.4, 0.5) is 0 Å². The van der Waals surface area contributed by atoms with Gasteiger partial charge in [-0.25, -0.2) is 0 Å². The van der Waals surface area contributed by atoms with Crippen LogP contribution in [0.5, 0.6) is 0 Å². The fourth-order valence-electron chi connectivity index (χ4n) is 9.37. The first-order valence-corrected chi connectivity index (χ1v) is 34.2.